The van der Waals surface area contributed by atoms with Crippen molar-refractivity contribution in [2.75, 3.05) is 6.61 Å². The molecule has 78 valence electrons. The number of aryl methyl sites for hydroxylation is 2. The summed E-state index contributed by atoms with van der Waals surface area (Å²) in [5.74, 6) is 5.15. The molecule has 3 heteroatoms. The molecule has 1 aliphatic carbocycles. The molecular weight excluding hydrogens is 194 g/mol. The Hall–Kier alpha value is -0.380. The van der Waals surface area contributed by atoms with E-state index in [-0.39, 0.29) is 5.41 Å². The van der Waals surface area contributed by atoms with Crippen LogP contribution in [0, 0.1) is 0 Å². The SMILES string of the molecule is CC(C)(CON)c1cc2c(s1)CCC2. The molecule has 0 unspecified atom stereocenters. The Kier molecular flexibility index (Phi) is 2.64. The fraction of sp³-hybridized carbons (Fsp3) is 0.636. The maximum atomic E-state index is 5.15. The van der Waals surface area contributed by atoms with Crippen LogP contribution in [-0.2, 0) is 23.1 Å². The largest absolute Gasteiger partial charge is 0.304 e. The first-order chi connectivity index (χ1) is 6.63. The molecule has 2 N–H and O–H groups in total. The van der Waals surface area contributed by atoms with E-state index in [9.17, 15) is 0 Å². The molecule has 0 atom stereocenters. The number of rotatable bonds is 3. The molecular formula is C11H17NOS. The number of hydrogen-bond donors (Lipinski definition) is 1. The molecule has 1 aliphatic rings. The van der Waals surface area contributed by atoms with Gasteiger partial charge in [-0.05, 0) is 30.9 Å². The van der Waals surface area contributed by atoms with Crippen molar-refractivity contribution in [3.63, 3.8) is 0 Å². The lowest BCUT2D eigenvalue weighted by Gasteiger charge is -2.21. The van der Waals surface area contributed by atoms with Crippen molar-refractivity contribution in [3.05, 3.63) is 21.4 Å². The predicted octanol–water partition coefficient (Wildman–Crippen LogP) is 2.40. The summed E-state index contributed by atoms with van der Waals surface area (Å²) >= 11 is 1.93. The lowest BCUT2D eigenvalue weighted by atomic mass is 9.92. The number of hydrogen-bond acceptors (Lipinski definition) is 3. The van der Waals surface area contributed by atoms with Gasteiger partial charge in [-0.3, -0.25) is 0 Å². The third-order valence-electron chi connectivity index (χ3n) is 2.86. The van der Waals surface area contributed by atoms with Crippen LogP contribution < -0.4 is 5.90 Å². The molecule has 0 aliphatic heterocycles. The third-order valence-corrected chi connectivity index (χ3v) is 4.46. The lowest BCUT2D eigenvalue weighted by Crippen LogP contribution is -2.25. The molecule has 0 bridgehead atoms. The van der Waals surface area contributed by atoms with Crippen LogP contribution in [-0.4, -0.2) is 6.61 Å². The molecule has 0 spiro atoms. The van der Waals surface area contributed by atoms with Crippen LogP contribution >= 0.6 is 11.3 Å². The topological polar surface area (TPSA) is 35.2 Å². The lowest BCUT2D eigenvalue weighted by molar-refractivity contribution is 0.0976. The van der Waals surface area contributed by atoms with E-state index in [0.29, 0.717) is 6.61 Å². The van der Waals surface area contributed by atoms with Crippen molar-refractivity contribution in [2.45, 2.75) is 38.5 Å². The van der Waals surface area contributed by atoms with E-state index in [1.165, 1.54) is 24.1 Å². The third kappa shape index (κ3) is 1.72. The first kappa shape index (κ1) is 10.1. The van der Waals surface area contributed by atoms with Gasteiger partial charge >= 0.3 is 0 Å². The molecule has 14 heavy (non-hydrogen) atoms. The number of fused-ring (bicyclic) bond motifs is 1. The zero-order valence-corrected chi connectivity index (χ0v) is 9.62. The Labute approximate surface area is 89.0 Å². The highest BCUT2D eigenvalue weighted by Crippen LogP contribution is 2.37. The van der Waals surface area contributed by atoms with E-state index in [4.69, 9.17) is 10.7 Å². The normalized spacial score (nSPS) is 15.9. The minimum atomic E-state index is 0.0593. The van der Waals surface area contributed by atoms with Gasteiger partial charge in [-0.1, -0.05) is 13.8 Å². The maximum absolute atomic E-state index is 5.15. The monoisotopic (exact) mass is 211 g/mol. The molecule has 0 saturated carbocycles. The van der Waals surface area contributed by atoms with Gasteiger partial charge in [-0.25, -0.2) is 5.90 Å². The van der Waals surface area contributed by atoms with Crippen LogP contribution in [0.15, 0.2) is 6.07 Å². The van der Waals surface area contributed by atoms with Gasteiger partial charge < -0.3 is 4.84 Å². The standard InChI is InChI=1S/C11H17NOS/c1-11(2,7-13-12)10-6-8-4-3-5-9(8)14-10/h6H,3-5,7,12H2,1-2H3. The highest BCUT2D eigenvalue weighted by atomic mass is 32.1. The van der Waals surface area contributed by atoms with Gasteiger partial charge in [0.1, 0.15) is 0 Å². The zero-order valence-electron chi connectivity index (χ0n) is 8.80. The Balaban J connectivity index is 2.24. The molecule has 0 aromatic carbocycles. The van der Waals surface area contributed by atoms with Crippen LogP contribution in [0.25, 0.3) is 0 Å². The Morgan fingerprint density at radius 1 is 1.50 bits per heavy atom. The molecule has 0 radical (unpaired) electrons. The van der Waals surface area contributed by atoms with Crippen LogP contribution in [0.2, 0.25) is 0 Å². The van der Waals surface area contributed by atoms with Crippen molar-refractivity contribution in [1.29, 1.82) is 0 Å². The fourth-order valence-corrected chi connectivity index (χ4v) is 3.28. The minimum absolute atomic E-state index is 0.0593. The predicted molar refractivity (Wildman–Crippen MR) is 59.5 cm³/mol. The summed E-state index contributed by atoms with van der Waals surface area (Å²) in [6.07, 6.45) is 3.85. The van der Waals surface area contributed by atoms with Crippen LogP contribution in [0.1, 0.15) is 35.6 Å². The maximum Gasteiger partial charge on any atom is 0.0778 e. The first-order valence-corrected chi connectivity index (χ1v) is 5.89. The summed E-state index contributed by atoms with van der Waals surface area (Å²) in [7, 11) is 0. The van der Waals surface area contributed by atoms with E-state index in [2.05, 4.69) is 19.9 Å². The van der Waals surface area contributed by atoms with Crippen molar-refractivity contribution in [2.24, 2.45) is 5.90 Å². The fourth-order valence-electron chi connectivity index (χ4n) is 1.94. The molecule has 1 aromatic rings. The molecule has 2 nitrogen and oxygen atoms in total. The second kappa shape index (κ2) is 3.65. The summed E-state index contributed by atoms with van der Waals surface area (Å²) in [4.78, 5) is 7.75. The molecule has 0 amide bonds. The number of nitrogens with two attached hydrogens (primary N) is 1. The Morgan fingerprint density at radius 3 is 2.93 bits per heavy atom. The minimum Gasteiger partial charge on any atom is -0.304 e. The first-order valence-electron chi connectivity index (χ1n) is 5.07. The summed E-state index contributed by atoms with van der Waals surface area (Å²) in [6.45, 7) is 4.95. The van der Waals surface area contributed by atoms with Crippen molar-refractivity contribution in [3.8, 4) is 0 Å². The van der Waals surface area contributed by atoms with E-state index >= 15 is 0 Å². The number of thiophene rings is 1. The van der Waals surface area contributed by atoms with Gasteiger partial charge in [0.2, 0.25) is 0 Å². The quantitative estimate of drug-likeness (QED) is 0.779. The van der Waals surface area contributed by atoms with E-state index in [0.717, 1.165) is 0 Å². The smallest absolute Gasteiger partial charge is 0.0778 e. The molecule has 1 heterocycles. The van der Waals surface area contributed by atoms with Crippen LogP contribution in [0.3, 0.4) is 0 Å². The van der Waals surface area contributed by atoms with Crippen molar-refractivity contribution in [1.82, 2.24) is 0 Å². The molecule has 2 rings (SSSR count). The van der Waals surface area contributed by atoms with Gasteiger partial charge in [-0.15, -0.1) is 11.3 Å². The van der Waals surface area contributed by atoms with Gasteiger partial charge in [0.05, 0.1) is 6.61 Å². The summed E-state index contributed by atoms with van der Waals surface area (Å²) in [5, 5.41) is 0. The van der Waals surface area contributed by atoms with E-state index < -0.39 is 0 Å². The van der Waals surface area contributed by atoms with Gasteiger partial charge in [0.15, 0.2) is 0 Å². The zero-order chi connectivity index (χ0) is 10.2. The Morgan fingerprint density at radius 2 is 2.29 bits per heavy atom. The molecule has 0 fully saturated rings. The van der Waals surface area contributed by atoms with Gasteiger partial charge in [0, 0.05) is 15.2 Å². The summed E-state index contributed by atoms with van der Waals surface area (Å²) in [5.41, 5.74) is 1.61. The highest BCUT2D eigenvalue weighted by Gasteiger charge is 2.26. The molecule has 0 saturated heterocycles. The Bertz CT molecular complexity index is 309. The second-order valence-electron chi connectivity index (χ2n) is 4.61. The van der Waals surface area contributed by atoms with Crippen molar-refractivity contribution < 1.29 is 4.84 Å². The molecule has 1 aromatic heterocycles. The van der Waals surface area contributed by atoms with Crippen LogP contribution in [0.5, 0.6) is 0 Å². The van der Waals surface area contributed by atoms with Gasteiger partial charge in [-0.2, -0.15) is 0 Å². The average Bonchev–Trinajstić information content (AvgIpc) is 2.60. The summed E-state index contributed by atoms with van der Waals surface area (Å²) in [6, 6.07) is 2.34. The average molecular weight is 211 g/mol. The van der Waals surface area contributed by atoms with E-state index in [1.807, 2.05) is 11.3 Å². The van der Waals surface area contributed by atoms with Crippen molar-refractivity contribution >= 4 is 11.3 Å². The van der Waals surface area contributed by atoms with Gasteiger partial charge in [0.25, 0.3) is 0 Å². The van der Waals surface area contributed by atoms with E-state index in [1.54, 1.807) is 10.4 Å². The summed E-state index contributed by atoms with van der Waals surface area (Å²) < 4.78 is 0. The highest BCUT2D eigenvalue weighted by molar-refractivity contribution is 7.12. The van der Waals surface area contributed by atoms with Crippen LogP contribution in [0.4, 0.5) is 0 Å². The second-order valence-corrected chi connectivity index (χ2v) is 5.74.